The van der Waals surface area contributed by atoms with Gasteiger partial charge in [0.2, 0.25) is 0 Å². The van der Waals surface area contributed by atoms with Crippen molar-refractivity contribution < 1.29 is 4.92 Å². The summed E-state index contributed by atoms with van der Waals surface area (Å²) in [7, 11) is 0. The Morgan fingerprint density at radius 1 is 1.38 bits per heavy atom. The largest absolute Gasteiger partial charge is 0.380 e. The Hall–Kier alpha value is -1.14. The third-order valence-electron chi connectivity index (χ3n) is 3.86. The molecule has 1 unspecified atom stereocenters. The van der Waals surface area contributed by atoms with Crippen molar-refractivity contribution in [2.24, 2.45) is 0 Å². The summed E-state index contributed by atoms with van der Waals surface area (Å²) in [5.74, 6) is 0. The highest BCUT2D eigenvalue weighted by molar-refractivity contribution is 9.10. The summed E-state index contributed by atoms with van der Waals surface area (Å²) in [5.41, 5.74) is 1.74. The second-order valence-electron chi connectivity index (χ2n) is 5.78. The van der Waals surface area contributed by atoms with Crippen LogP contribution in [0.1, 0.15) is 31.7 Å². The van der Waals surface area contributed by atoms with Crippen LogP contribution in [0.25, 0.3) is 0 Å². The van der Waals surface area contributed by atoms with Gasteiger partial charge in [0.15, 0.2) is 0 Å². The first kappa shape index (κ1) is 16.2. The van der Waals surface area contributed by atoms with E-state index in [1.165, 1.54) is 32.4 Å². The second-order valence-corrected chi connectivity index (χ2v) is 6.64. The zero-order valence-electron chi connectivity index (χ0n) is 12.6. The van der Waals surface area contributed by atoms with Gasteiger partial charge in [-0.25, -0.2) is 0 Å². The van der Waals surface area contributed by atoms with E-state index in [2.05, 4.69) is 33.1 Å². The highest BCUT2D eigenvalue weighted by Gasteiger charge is 2.17. The topological polar surface area (TPSA) is 58.4 Å². The Kier molecular flexibility index (Phi) is 5.58. The SMILES string of the molecule is Cc1cc(NC(C)CN2CCCCC2)c(Br)cc1[N+](=O)[O-]. The number of hydrogen-bond donors (Lipinski definition) is 1. The normalized spacial score (nSPS) is 17.5. The number of nitrogens with zero attached hydrogens (tertiary/aromatic N) is 2. The number of nitro groups is 1. The molecule has 0 bridgehead atoms. The Morgan fingerprint density at radius 3 is 2.67 bits per heavy atom. The van der Waals surface area contributed by atoms with Gasteiger partial charge in [-0.05, 0) is 61.8 Å². The van der Waals surface area contributed by atoms with E-state index in [0.717, 1.165) is 16.7 Å². The maximum absolute atomic E-state index is 10.9. The molecule has 1 aromatic rings. The molecule has 1 saturated heterocycles. The van der Waals surface area contributed by atoms with Crippen LogP contribution in [0.3, 0.4) is 0 Å². The summed E-state index contributed by atoms with van der Waals surface area (Å²) < 4.78 is 0.741. The van der Waals surface area contributed by atoms with Gasteiger partial charge in [0.25, 0.3) is 5.69 Å². The summed E-state index contributed by atoms with van der Waals surface area (Å²) in [6.07, 6.45) is 3.91. The molecule has 0 aliphatic carbocycles. The molecule has 5 nitrogen and oxygen atoms in total. The lowest BCUT2D eigenvalue weighted by Crippen LogP contribution is -2.38. The number of nitro benzene ring substituents is 1. The lowest BCUT2D eigenvalue weighted by molar-refractivity contribution is -0.385. The van der Waals surface area contributed by atoms with Gasteiger partial charge in [-0.3, -0.25) is 10.1 Å². The van der Waals surface area contributed by atoms with E-state index in [1.54, 1.807) is 13.0 Å². The minimum absolute atomic E-state index is 0.149. The van der Waals surface area contributed by atoms with Crippen LogP contribution in [0.15, 0.2) is 16.6 Å². The number of benzene rings is 1. The minimum atomic E-state index is -0.346. The molecule has 0 radical (unpaired) electrons. The van der Waals surface area contributed by atoms with Crippen LogP contribution in [0.4, 0.5) is 11.4 Å². The third kappa shape index (κ3) is 4.41. The number of nitrogens with one attached hydrogen (secondary N) is 1. The molecule has 1 aromatic carbocycles. The first-order valence-electron chi connectivity index (χ1n) is 7.41. The Morgan fingerprint density at radius 2 is 2.05 bits per heavy atom. The highest BCUT2D eigenvalue weighted by atomic mass is 79.9. The molecule has 1 aliphatic heterocycles. The molecular formula is C15H22BrN3O2. The van der Waals surface area contributed by atoms with Crippen molar-refractivity contribution in [1.29, 1.82) is 0 Å². The fourth-order valence-electron chi connectivity index (χ4n) is 2.82. The molecular weight excluding hydrogens is 334 g/mol. The lowest BCUT2D eigenvalue weighted by Gasteiger charge is -2.30. The molecule has 6 heteroatoms. The van der Waals surface area contributed by atoms with Crippen LogP contribution >= 0.6 is 15.9 Å². The summed E-state index contributed by atoms with van der Waals surface area (Å²) in [5, 5.41) is 14.4. The van der Waals surface area contributed by atoms with Gasteiger partial charge < -0.3 is 10.2 Å². The molecule has 0 aromatic heterocycles. The Bertz CT molecular complexity index is 516. The van der Waals surface area contributed by atoms with E-state index < -0.39 is 0 Å². The van der Waals surface area contributed by atoms with Gasteiger partial charge in [-0.1, -0.05) is 6.42 Å². The molecule has 2 rings (SSSR count). The molecule has 1 N–H and O–H groups in total. The Labute approximate surface area is 134 Å². The molecule has 0 saturated carbocycles. The van der Waals surface area contributed by atoms with Crippen molar-refractivity contribution in [3.8, 4) is 0 Å². The smallest absolute Gasteiger partial charge is 0.273 e. The molecule has 116 valence electrons. The van der Waals surface area contributed by atoms with Crippen LogP contribution in [0.2, 0.25) is 0 Å². The molecule has 1 aliphatic rings. The van der Waals surface area contributed by atoms with Crippen molar-refractivity contribution >= 4 is 27.3 Å². The molecule has 21 heavy (non-hydrogen) atoms. The number of aryl methyl sites for hydroxylation is 1. The molecule has 0 spiro atoms. The quantitative estimate of drug-likeness (QED) is 0.641. The van der Waals surface area contributed by atoms with Crippen LogP contribution in [0.5, 0.6) is 0 Å². The first-order chi connectivity index (χ1) is 9.97. The monoisotopic (exact) mass is 355 g/mol. The molecule has 1 atom stereocenters. The van der Waals surface area contributed by atoms with Crippen LogP contribution in [0, 0.1) is 17.0 Å². The number of rotatable bonds is 5. The fraction of sp³-hybridized carbons (Fsp3) is 0.600. The van der Waals surface area contributed by atoms with Gasteiger partial charge in [-0.15, -0.1) is 0 Å². The number of hydrogen-bond acceptors (Lipinski definition) is 4. The van der Waals surface area contributed by atoms with E-state index in [-0.39, 0.29) is 10.6 Å². The van der Waals surface area contributed by atoms with Crippen molar-refractivity contribution in [1.82, 2.24) is 4.90 Å². The highest BCUT2D eigenvalue weighted by Crippen LogP contribution is 2.31. The van der Waals surface area contributed by atoms with Gasteiger partial charge in [0.1, 0.15) is 0 Å². The number of anilines is 1. The maximum atomic E-state index is 10.9. The first-order valence-corrected chi connectivity index (χ1v) is 8.20. The van der Waals surface area contributed by atoms with E-state index in [1.807, 2.05) is 6.07 Å². The third-order valence-corrected chi connectivity index (χ3v) is 4.52. The van der Waals surface area contributed by atoms with Crippen LogP contribution in [-0.2, 0) is 0 Å². The zero-order valence-corrected chi connectivity index (χ0v) is 14.1. The maximum Gasteiger partial charge on any atom is 0.273 e. The molecule has 1 heterocycles. The van der Waals surface area contributed by atoms with Crippen LogP contribution < -0.4 is 5.32 Å². The predicted molar refractivity (Wildman–Crippen MR) is 88.9 cm³/mol. The van der Waals surface area contributed by atoms with Gasteiger partial charge in [0, 0.05) is 34.4 Å². The summed E-state index contributed by atoms with van der Waals surface area (Å²) in [4.78, 5) is 13.1. The number of halogens is 1. The number of likely N-dealkylation sites (tertiary alicyclic amines) is 1. The van der Waals surface area contributed by atoms with Gasteiger partial charge in [0.05, 0.1) is 4.92 Å². The van der Waals surface area contributed by atoms with Gasteiger partial charge >= 0.3 is 0 Å². The van der Waals surface area contributed by atoms with E-state index >= 15 is 0 Å². The molecule has 1 fully saturated rings. The van der Waals surface area contributed by atoms with Crippen molar-refractivity contribution in [3.05, 3.63) is 32.3 Å². The standard InChI is InChI=1S/C15H22BrN3O2/c1-11-8-14(13(16)9-15(11)19(20)21)17-12(2)10-18-6-4-3-5-7-18/h8-9,12,17H,3-7,10H2,1-2H3. The minimum Gasteiger partial charge on any atom is -0.380 e. The second kappa shape index (κ2) is 7.22. The van der Waals surface area contributed by atoms with Crippen molar-refractivity contribution in [3.63, 3.8) is 0 Å². The average Bonchev–Trinajstić information content (AvgIpc) is 2.43. The summed E-state index contributed by atoms with van der Waals surface area (Å²) in [6.45, 7) is 7.27. The lowest BCUT2D eigenvalue weighted by atomic mass is 10.1. The average molecular weight is 356 g/mol. The summed E-state index contributed by atoms with van der Waals surface area (Å²) in [6, 6.07) is 3.72. The predicted octanol–water partition coefficient (Wildman–Crippen LogP) is 3.95. The Balaban J connectivity index is 2.01. The van der Waals surface area contributed by atoms with E-state index in [0.29, 0.717) is 11.6 Å². The number of piperidine rings is 1. The zero-order chi connectivity index (χ0) is 15.4. The fourth-order valence-corrected chi connectivity index (χ4v) is 3.26. The van der Waals surface area contributed by atoms with E-state index in [4.69, 9.17) is 0 Å². The van der Waals surface area contributed by atoms with Crippen LogP contribution in [-0.4, -0.2) is 35.5 Å². The van der Waals surface area contributed by atoms with Gasteiger partial charge in [-0.2, -0.15) is 0 Å². The summed E-state index contributed by atoms with van der Waals surface area (Å²) >= 11 is 3.42. The molecule has 0 amide bonds. The van der Waals surface area contributed by atoms with Crippen molar-refractivity contribution in [2.75, 3.05) is 25.0 Å². The van der Waals surface area contributed by atoms with Crippen molar-refractivity contribution in [2.45, 2.75) is 39.2 Å². The van der Waals surface area contributed by atoms with E-state index in [9.17, 15) is 10.1 Å².